The number of methoxy groups -OCH3 is 1. The van der Waals surface area contributed by atoms with Crippen molar-refractivity contribution < 1.29 is 19.4 Å². The molecule has 1 atom stereocenters. The summed E-state index contributed by atoms with van der Waals surface area (Å²) in [7, 11) is 1.54. The number of nitrogens with zero attached hydrogens (tertiary/aromatic N) is 3. The summed E-state index contributed by atoms with van der Waals surface area (Å²) in [6.45, 7) is 0. The van der Waals surface area contributed by atoms with Crippen molar-refractivity contribution in [1.29, 1.82) is 0 Å². The SMILES string of the molecule is COc1ccc(/C(O)=C2/C(=O)C(=O)N(c3nnc(SCc4ccc(Cl)cc4)s3)C2c2cccc(Br)c2)cc1. The molecule has 11 heteroatoms. The minimum atomic E-state index is -0.892. The molecule has 3 aromatic carbocycles. The third-order valence-corrected chi connectivity index (χ3v) is 8.72. The molecule has 0 radical (unpaired) electrons. The van der Waals surface area contributed by atoms with Crippen LogP contribution in [0.3, 0.4) is 0 Å². The quantitative estimate of drug-likeness (QED) is 0.0784. The largest absolute Gasteiger partial charge is 0.507 e. The molecular weight excluding hydrogens is 610 g/mol. The van der Waals surface area contributed by atoms with Crippen LogP contribution in [-0.2, 0) is 15.3 Å². The molecule has 1 aromatic heterocycles. The minimum absolute atomic E-state index is 0.0242. The molecule has 0 saturated carbocycles. The van der Waals surface area contributed by atoms with Gasteiger partial charge in [0.05, 0.1) is 18.7 Å². The van der Waals surface area contributed by atoms with E-state index in [0.717, 1.165) is 10.0 Å². The minimum Gasteiger partial charge on any atom is -0.507 e. The van der Waals surface area contributed by atoms with Gasteiger partial charge in [-0.25, -0.2) is 0 Å². The first-order valence-corrected chi connectivity index (χ1v) is 14.2. The highest BCUT2D eigenvalue weighted by Crippen LogP contribution is 2.44. The summed E-state index contributed by atoms with van der Waals surface area (Å²) in [5.74, 6) is -0.621. The zero-order valence-corrected chi connectivity index (χ0v) is 23.8. The first kappa shape index (κ1) is 26.4. The molecule has 1 fully saturated rings. The number of benzene rings is 3. The van der Waals surface area contributed by atoms with Gasteiger partial charge in [-0.15, -0.1) is 10.2 Å². The Morgan fingerprint density at radius 3 is 2.53 bits per heavy atom. The fourth-order valence-electron chi connectivity index (χ4n) is 4.01. The molecule has 0 aliphatic carbocycles. The summed E-state index contributed by atoms with van der Waals surface area (Å²) >= 11 is 12.1. The van der Waals surface area contributed by atoms with Crippen molar-refractivity contribution in [3.8, 4) is 5.75 Å². The zero-order chi connectivity index (χ0) is 26.8. The Labute approximate surface area is 240 Å². The fraction of sp³-hybridized carbons (Fsp3) is 0.111. The maximum atomic E-state index is 13.4. The van der Waals surface area contributed by atoms with Crippen molar-refractivity contribution in [3.63, 3.8) is 0 Å². The van der Waals surface area contributed by atoms with E-state index < -0.39 is 17.7 Å². The second-order valence-corrected chi connectivity index (χ2v) is 11.7. The van der Waals surface area contributed by atoms with Gasteiger partial charge in [-0.1, -0.05) is 74.9 Å². The van der Waals surface area contributed by atoms with Crippen LogP contribution >= 0.6 is 50.6 Å². The van der Waals surface area contributed by atoms with Gasteiger partial charge in [0.15, 0.2) is 4.34 Å². The second-order valence-electron chi connectivity index (χ2n) is 8.22. The highest BCUT2D eigenvalue weighted by atomic mass is 79.9. The summed E-state index contributed by atoms with van der Waals surface area (Å²) in [5, 5.41) is 20.7. The molecular formula is C27H19BrClN3O4S2. The number of carbonyl (C=O) groups is 2. The molecule has 2 heterocycles. The Hall–Kier alpha value is -3.18. The van der Waals surface area contributed by atoms with Crippen LogP contribution in [0.15, 0.2) is 87.2 Å². The number of halogens is 2. The third kappa shape index (κ3) is 5.35. The Balaban J connectivity index is 1.53. The molecule has 1 amide bonds. The van der Waals surface area contributed by atoms with Gasteiger partial charge in [-0.2, -0.15) is 0 Å². The predicted molar refractivity (Wildman–Crippen MR) is 153 cm³/mol. The average Bonchev–Trinajstić information content (AvgIpc) is 3.50. The van der Waals surface area contributed by atoms with E-state index in [-0.39, 0.29) is 16.5 Å². The van der Waals surface area contributed by atoms with Crippen molar-refractivity contribution in [3.05, 3.63) is 105 Å². The molecule has 38 heavy (non-hydrogen) atoms. The number of carbonyl (C=O) groups excluding carboxylic acids is 2. The first-order valence-electron chi connectivity index (χ1n) is 11.3. The fourth-order valence-corrected chi connectivity index (χ4v) is 6.38. The van der Waals surface area contributed by atoms with Gasteiger partial charge in [-0.05, 0) is 59.7 Å². The monoisotopic (exact) mass is 627 g/mol. The molecule has 1 aliphatic rings. The molecule has 1 unspecified atom stereocenters. The van der Waals surface area contributed by atoms with Gasteiger partial charge in [0, 0.05) is 20.8 Å². The number of Topliss-reactive ketones (excluding diaryl/α,β-unsaturated/α-hetero) is 1. The first-order chi connectivity index (χ1) is 18.4. The molecule has 0 spiro atoms. The van der Waals surface area contributed by atoms with Crippen LogP contribution in [0.4, 0.5) is 5.13 Å². The number of aliphatic hydroxyl groups is 1. The van der Waals surface area contributed by atoms with Gasteiger partial charge in [-0.3, -0.25) is 14.5 Å². The number of aliphatic hydroxyl groups excluding tert-OH is 1. The van der Waals surface area contributed by atoms with E-state index in [1.807, 2.05) is 36.4 Å². The summed E-state index contributed by atoms with van der Waals surface area (Å²) in [5.41, 5.74) is 2.06. The summed E-state index contributed by atoms with van der Waals surface area (Å²) in [4.78, 5) is 28.0. The number of aromatic nitrogens is 2. The molecule has 1 N–H and O–H groups in total. The van der Waals surface area contributed by atoms with Gasteiger partial charge < -0.3 is 9.84 Å². The Morgan fingerprint density at radius 1 is 1.11 bits per heavy atom. The number of anilines is 1. The third-order valence-electron chi connectivity index (χ3n) is 5.85. The van der Waals surface area contributed by atoms with E-state index in [2.05, 4.69) is 26.1 Å². The normalized spacial score (nSPS) is 16.7. The van der Waals surface area contributed by atoms with E-state index in [9.17, 15) is 14.7 Å². The van der Waals surface area contributed by atoms with Crippen LogP contribution in [0, 0.1) is 0 Å². The second kappa shape index (κ2) is 11.3. The molecule has 192 valence electrons. The highest BCUT2D eigenvalue weighted by molar-refractivity contribution is 9.10. The van der Waals surface area contributed by atoms with Crippen molar-refractivity contribution >= 4 is 73.2 Å². The molecule has 5 rings (SSSR count). The van der Waals surface area contributed by atoms with Gasteiger partial charge >= 0.3 is 5.91 Å². The Bertz CT molecular complexity index is 1540. The van der Waals surface area contributed by atoms with Crippen LogP contribution < -0.4 is 9.64 Å². The number of amides is 1. The van der Waals surface area contributed by atoms with E-state index in [4.69, 9.17) is 16.3 Å². The lowest BCUT2D eigenvalue weighted by atomic mass is 9.95. The standard InChI is InChI=1S/C27H19BrClN3O4S2/c1-36-20-11-7-16(8-12-20)23(33)21-22(17-3-2-4-18(28)13-17)32(25(35)24(21)34)26-30-31-27(38-26)37-14-15-5-9-19(29)10-6-15/h2-13,22,33H,14H2,1H3/b23-21-. The number of ether oxygens (including phenoxy) is 1. The smallest absolute Gasteiger partial charge is 0.301 e. The van der Waals surface area contributed by atoms with Crippen molar-refractivity contribution in [2.75, 3.05) is 12.0 Å². The molecule has 4 aromatic rings. The van der Waals surface area contributed by atoms with Crippen molar-refractivity contribution in [2.24, 2.45) is 0 Å². The average molecular weight is 629 g/mol. The topological polar surface area (TPSA) is 92.6 Å². The van der Waals surface area contributed by atoms with Gasteiger partial charge in [0.2, 0.25) is 5.13 Å². The van der Waals surface area contributed by atoms with E-state index in [0.29, 0.717) is 32.0 Å². The highest BCUT2D eigenvalue weighted by Gasteiger charge is 2.48. The summed E-state index contributed by atoms with van der Waals surface area (Å²) < 4.78 is 6.60. The number of thioether (sulfide) groups is 1. The molecule has 1 saturated heterocycles. The molecule has 0 bridgehead atoms. The maximum Gasteiger partial charge on any atom is 0.301 e. The van der Waals surface area contributed by atoms with Crippen molar-refractivity contribution in [1.82, 2.24) is 10.2 Å². The van der Waals surface area contributed by atoms with Crippen LogP contribution in [0.5, 0.6) is 5.75 Å². The van der Waals surface area contributed by atoms with Gasteiger partial charge in [0.25, 0.3) is 5.78 Å². The number of rotatable bonds is 7. The van der Waals surface area contributed by atoms with Crippen LogP contribution in [0.25, 0.3) is 5.76 Å². The Kier molecular flexibility index (Phi) is 7.85. The lowest BCUT2D eigenvalue weighted by Crippen LogP contribution is -2.29. The lowest BCUT2D eigenvalue weighted by Gasteiger charge is -2.22. The molecule has 1 aliphatic heterocycles. The van der Waals surface area contributed by atoms with Crippen LogP contribution in [-0.4, -0.2) is 34.1 Å². The van der Waals surface area contributed by atoms with Gasteiger partial charge in [0.1, 0.15) is 11.5 Å². The van der Waals surface area contributed by atoms with E-state index in [1.165, 1.54) is 35.1 Å². The number of hydrogen-bond acceptors (Lipinski definition) is 8. The lowest BCUT2D eigenvalue weighted by molar-refractivity contribution is -0.132. The number of hydrogen-bond donors (Lipinski definition) is 1. The maximum absolute atomic E-state index is 13.4. The van der Waals surface area contributed by atoms with Crippen LogP contribution in [0.1, 0.15) is 22.7 Å². The summed E-state index contributed by atoms with van der Waals surface area (Å²) in [6, 6.07) is 20.5. The number of ketones is 1. The van der Waals surface area contributed by atoms with E-state index in [1.54, 1.807) is 36.4 Å². The predicted octanol–water partition coefficient (Wildman–Crippen LogP) is 6.88. The van der Waals surface area contributed by atoms with E-state index >= 15 is 0 Å². The summed E-state index contributed by atoms with van der Waals surface area (Å²) in [6.07, 6.45) is 0. The molecule has 7 nitrogen and oxygen atoms in total. The van der Waals surface area contributed by atoms with Crippen LogP contribution in [0.2, 0.25) is 5.02 Å². The Morgan fingerprint density at radius 2 is 1.84 bits per heavy atom. The van der Waals surface area contributed by atoms with Crippen molar-refractivity contribution in [2.45, 2.75) is 16.1 Å². The zero-order valence-electron chi connectivity index (χ0n) is 19.8.